The van der Waals surface area contributed by atoms with Crippen LogP contribution in [0.15, 0.2) is 90.1 Å². The Morgan fingerprint density at radius 1 is 0.851 bits per heavy atom. The molecule has 0 atom stereocenters. The number of aryl methyl sites for hydroxylation is 2. The summed E-state index contributed by atoms with van der Waals surface area (Å²) in [6.07, 6.45) is -1.49. The summed E-state index contributed by atoms with van der Waals surface area (Å²) in [6, 6.07) is 15.7. The lowest BCUT2D eigenvalue weighted by Gasteiger charge is -2.16. The molecule has 2 heterocycles. The number of hydrogen-bond donors (Lipinski definition) is 1. The van der Waals surface area contributed by atoms with Crippen LogP contribution in [0.5, 0.6) is 0 Å². The molecule has 238 valence electrons. The number of nitrogens with zero attached hydrogens (tertiary/aromatic N) is 3. The predicted molar refractivity (Wildman–Crippen MR) is 169 cm³/mol. The lowest BCUT2D eigenvalue weighted by atomic mass is 9.94. The van der Waals surface area contributed by atoms with Crippen LogP contribution in [0, 0.1) is 25.5 Å². The van der Waals surface area contributed by atoms with Crippen molar-refractivity contribution in [2.24, 2.45) is 0 Å². The smallest absolute Gasteiger partial charge is 0.335 e. The van der Waals surface area contributed by atoms with Crippen molar-refractivity contribution in [3.63, 3.8) is 0 Å². The Labute approximate surface area is 270 Å². The number of carbonyl (C=O) groups is 1. The highest BCUT2D eigenvalue weighted by molar-refractivity contribution is 7.90. The summed E-state index contributed by atoms with van der Waals surface area (Å²) in [5.74, 6) is -2.96. The van der Waals surface area contributed by atoms with Crippen molar-refractivity contribution in [2.45, 2.75) is 25.2 Å². The van der Waals surface area contributed by atoms with Gasteiger partial charge in [-0.25, -0.2) is 44.7 Å². The summed E-state index contributed by atoms with van der Waals surface area (Å²) in [6.45, 7) is 3.37. The van der Waals surface area contributed by atoms with Gasteiger partial charge in [0.25, 0.3) is 16.4 Å². The molecule has 0 bridgehead atoms. The Morgan fingerprint density at radius 3 is 2.13 bits per heavy atom. The summed E-state index contributed by atoms with van der Waals surface area (Å²) < 4.78 is 87.0. The second-order valence-corrected chi connectivity index (χ2v) is 12.8. The summed E-state index contributed by atoms with van der Waals surface area (Å²) in [5, 5.41) is 9.34. The first-order valence-corrected chi connectivity index (χ1v) is 15.7. The molecule has 0 aliphatic rings. The Balaban J connectivity index is 1.74. The summed E-state index contributed by atoms with van der Waals surface area (Å²) in [4.78, 5) is 19.7. The molecule has 0 saturated carbocycles. The van der Waals surface area contributed by atoms with Gasteiger partial charge in [0, 0.05) is 44.6 Å². The number of benzene rings is 4. The van der Waals surface area contributed by atoms with Crippen molar-refractivity contribution < 1.29 is 35.9 Å². The SMILES string of the molecule is Cc1ncnc(C)c1-c1c(-c2cccc(-c3c(F)cc(C(=O)O)cc3Cl)c2)n(S(=O)(=O)c2ccc(C(F)F)cc2)c2ccc(F)cc12. The fraction of sp³-hybridized carbons (Fsp3) is 0.0882. The maximum Gasteiger partial charge on any atom is 0.335 e. The predicted octanol–water partition coefficient (Wildman–Crippen LogP) is 8.85. The lowest BCUT2D eigenvalue weighted by Crippen LogP contribution is -2.14. The molecule has 13 heteroatoms. The van der Waals surface area contributed by atoms with Crippen molar-refractivity contribution in [1.29, 1.82) is 0 Å². The molecule has 4 aromatic carbocycles. The van der Waals surface area contributed by atoms with Gasteiger partial charge in [0.05, 0.1) is 26.7 Å². The van der Waals surface area contributed by atoms with Gasteiger partial charge >= 0.3 is 5.97 Å². The van der Waals surface area contributed by atoms with Crippen molar-refractivity contribution >= 4 is 38.5 Å². The molecule has 0 aliphatic heterocycles. The molecule has 0 unspecified atom stereocenters. The number of carboxylic acid groups (broad SMARTS) is 1. The van der Waals surface area contributed by atoms with E-state index in [1.807, 2.05) is 0 Å². The average molecular weight is 680 g/mol. The van der Waals surface area contributed by atoms with Gasteiger partial charge in [-0.1, -0.05) is 41.9 Å². The van der Waals surface area contributed by atoms with Crippen molar-refractivity contribution in [3.05, 3.63) is 124 Å². The van der Waals surface area contributed by atoms with Gasteiger partial charge in [0.15, 0.2) is 0 Å². The maximum atomic E-state index is 15.4. The van der Waals surface area contributed by atoms with E-state index in [0.29, 0.717) is 17.0 Å². The number of fused-ring (bicyclic) bond motifs is 1. The third-order valence-electron chi connectivity index (χ3n) is 7.75. The van der Waals surface area contributed by atoms with E-state index >= 15 is 4.39 Å². The Kier molecular flexibility index (Phi) is 8.10. The van der Waals surface area contributed by atoms with Gasteiger partial charge in [-0.05, 0) is 67.9 Å². The van der Waals surface area contributed by atoms with E-state index in [1.54, 1.807) is 19.9 Å². The van der Waals surface area contributed by atoms with Gasteiger partial charge in [-0.3, -0.25) is 0 Å². The zero-order chi connectivity index (χ0) is 33.8. The molecule has 0 fully saturated rings. The van der Waals surface area contributed by atoms with Crippen LogP contribution in [0.3, 0.4) is 0 Å². The number of aromatic carboxylic acids is 1. The number of hydrogen-bond acceptors (Lipinski definition) is 5. The van der Waals surface area contributed by atoms with Gasteiger partial charge in [-0.2, -0.15) is 0 Å². The molecule has 0 radical (unpaired) electrons. The first kappa shape index (κ1) is 31.9. The minimum atomic E-state index is -4.58. The van der Waals surface area contributed by atoms with E-state index in [2.05, 4.69) is 9.97 Å². The van der Waals surface area contributed by atoms with E-state index in [4.69, 9.17) is 11.6 Å². The topological polar surface area (TPSA) is 102 Å². The van der Waals surface area contributed by atoms with Crippen molar-refractivity contribution in [2.75, 3.05) is 0 Å². The van der Waals surface area contributed by atoms with Crippen LogP contribution < -0.4 is 0 Å². The molecule has 1 N–H and O–H groups in total. The van der Waals surface area contributed by atoms with Crippen LogP contribution in [-0.4, -0.2) is 33.4 Å². The van der Waals surface area contributed by atoms with Crippen molar-refractivity contribution in [3.8, 4) is 33.5 Å². The Bertz CT molecular complexity index is 2300. The lowest BCUT2D eigenvalue weighted by molar-refractivity contribution is 0.0696. The first-order valence-electron chi connectivity index (χ1n) is 13.9. The largest absolute Gasteiger partial charge is 0.478 e. The van der Waals surface area contributed by atoms with E-state index in [0.717, 1.165) is 46.4 Å². The summed E-state index contributed by atoms with van der Waals surface area (Å²) in [7, 11) is -4.58. The minimum Gasteiger partial charge on any atom is -0.478 e. The van der Waals surface area contributed by atoms with Gasteiger partial charge in [0.1, 0.15) is 18.0 Å². The zero-order valence-corrected chi connectivity index (χ0v) is 26.0. The molecule has 0 saturated heterocycles. The van der Waals surface area contributed by atoms with Gasteiger partial charge < -0.3 is 5.11 Å². The van der Waals surface area contributed by atoms with E-state index in [9.17, 15) is 31.5 Å². The highest BCUT2D eigenvalue weighted by Crippen LogP contribution is 2.46. The van der Waals surface area contributed by atoms with Gasteiger partial charge in [-0.15, -0.1) is 0 Å². The molecule has 0 spiro atoms. The quantitative estimate of drug-likeness (QED) is 0.169. The minimum absolute atomic E-state index is 0.0325. The van der Waals surface area contributed by atoms with Crippen LogP contribution in [-0.2, 0) is 10.0 Å². The Morgan fingerprint density at radius 2 is 1.51 bits per heavy atom. The third-order valence-corrected chi connectivity index (χ3v) is 9.77. The molecule has 2 aromatic heterocycles. The molecule has 6 aromatic rings. The average Bonchev–Trinajstić information content (AvgIpc) is 3.35. The van der Waals surface area contributed by atoms with Crippen molar-refractivity contribution in [1.82, 2.24) is 13.9 Å². The van der Waals surface area contributed by atoms with Crippen LogP contribution in [0.25, 0.3) is 44.4 Å². The van der Waals surface area contributed by atoms with E-state index < -0.39 is 34.1 Å². The molecular formula is C34H22ClF4N3O4S. The second kappa shape index (κ2) is 11.9. The molecule has 6 rings (SSSR count). The monoisotopic (exact) mass is 679 g/mol. The summed E-state index contributed by atoms with van der Waals surface area (Å²) in [5.41, 5.74) is 1.22. The first-order chi connectivity index (χ1) is 22.3. The number of aromatic nitrogens is 3. The van der Waals surface area contributed by atoms with Crippen LogP contribution >= 0.6 is 11.6 Å². The molecular weight excluding hydrogens is 658 g/mol. The maximum absolute atomic E-state index is 15.4. The normalized spacial score (nSPS) is 11.8. The number of halogens is 5. The molecule has 7 nitrogen and oxygen atoms in total. The highest BCUT2D eigenvalue weighted by atomic mass is 35.5. The van der Waals surface area contributed by atoms with E-state index in [-0.39, 0.29) is 59.9 Å². The second-order valence-electron chi connectivity index (χ2n) is 10.6. The van der Waals surface area contributed by atoms with E-state index in [1.165, 1.54) is 36.7 Å². The fourth-order valence-electron chi connectivity index (χ4n) is 5.64. The van der Waals surface area contributed by atoms with Crippen LogP contribution in [0.4, 0.5) is 17.6 Å². The van der Waals surface area contributed by atoms with Gasteiger partial charge in [0.2, 0.25) is 0 Å². The number of carboxylic acids is 1. The standard InChI is InChI=1S/C34H22ClF4N3O4S/c1-17-29(18(2)41-16-40-17)31-25-15-23(36)8-11-28(25)42(47(45,46)24-9-6-19(7-10-24)33(38)39)32(31)21-5-3-4-20(12-21)30-26(35)13-22(34(43)44)14-27(30)37/h3-16,33H,1-2H3,(H,43,44). The number of alkyl halides is 2. The molecule has 47 heavy (non-hydrogen) atoms. The summed E-state index contributed by atoms with van der Waals surface area (Å²) >= 11 is 6.36. The van der Waals surface area contributed by atoms with Crippen LogP contribution in [0.2, 0.25) is 5.02 Å². The Hall–Kier alpha value is -5.07. The third kappa shape index (κ3) is 5.53. The zero-order valence-electron chi connectivity index (χ0n) is 24.5. The fourth-order valence-corrected chi connectivity index (χ4v) is 7.50. The molecule has 0 aliphatic carbocycles. The number of rotatable bonds is 7. The highest BCUT2D eigenvalue weighted by Gasteiger charge is 2.31. The molecule has 0 amide bonds. The van der Waals surface area contributed by atoms with Crippen LogP contribution in [0.1, 0.15) is 33.7 Å².